The lowest BCUT2D eigenvalue weighted by Gasteiger charge is -2.23. The number of rotatable bonds is 5. The van der Waals surface area contributed by atoms with Gasteiger partial charge in [0, 0.05) is 30.9 Å². The van der Waals surface area contributed by atoms with Crippen LogP contribution in [0.3, 0.4) is 0 Å². The molecule has 30 heavy (non-hydrogen) atoms. The van der Waals surface area contributed by atoms with E-state index in [4.69, 9.17) is 5.26 Å². The second-order valence-corrected chi connectivity index (χ2v) is 8.97. The van der Waals surface area contributed by atoms with Gasteiger partial charge < -0.3 is 5.32 Å². The molecule has 0 bridgehead atoms. The number of nitrogens with zero attached hydrogens (tertiary/aromatic N) is 4. The minimum absolute atomic E-state index is 0.186. The van der Waals surface area contributed by atoms with E-state index < -0.39 is 21.9 Å². The number of amides is 1. The average Bonchev–Trinajstić information content (AvgIpc) is 2.83. The lowest BCUT2D eigenvalue weighted by Crippen LogP contribution is -2.44. The number of anilines is 2. The molecule has 0 fully saturated rings. The molecule has 0 radical (unpaired) electrons. The van der Waals surface area contributed by atoms with Crippen molar-refractivity contribution in [2.24, 2.45) is 7.05 Å². The van der Waals surface area contributed by atoms with E-state index in [1.807, 2.05) is 0 Å². The van der Waals surface area contributed by atoms with Crippen LogP contribution in [0.15, 0.2) is 18.2 Å². The van der Waals surface area contributed by atoms with Gasteiger partial charge >= 0.3 is 10.2 Å². The number of carbonyl (C=O) groups is 1. The number of aromatic nitrogens is 2. The molecule has 2 heterocycles. The Morgan fingerprint density at radius 1 is 1.33 bits per heavy atom. The minimum Gasteiger partial charge on any atom is -0.321 e. The number of halogens is 1. The van der Waals surface area contributed by atoms with Crippen molar-refractivity contribution in [3.05, 3.63) is 40.8 Å². The monoisotopic (exact) mass is 434 g/mol. The Hall–Kier alpha value is -2.97. The first-order chi connectivity index (χ1) is 14.1. The summed E-state index contributed by atoms with van der Waals surface area (Å²) in [5.74, 6) is -0.966. The fourth-order valence-corrected chi connectivity index (χ4v) is 4.87. The number of aryl methyl sites for hydroxylation is 1. The van der Waals surface area contributed by atoms with Crippen LogP contribution < -0.4 is 14.3 Å². The standard InChI is InChI=1S/C19H23FN6O3S/c1-12(2)24-30(28,29)26-9-5-4-6-15-17(25(3)23-18(15)26)19(27)22-14-7-8-16(20)13(10-14)11-21/h7-8,10,12,24H,4-6,9H2,1-3H3,(H,22,27). The summed E-state index contributed by atoms with van der Waals surface area (Å²) in [5.41, 5.74) is 0.824. The molecule has 2 N–H and O–H groups in total. The molecule has 0 saturated carbocycles. The van der Waals surface area contributed by atoms with Gasteiger partial charge in [0.25, 0.3) is 5.91 Å². The second kappa shape index (κ2) is 8.41. The first-order valence-corrected chi connectivity index (χ1v) is 10.9. The van der Waals surface area contributed by atoms with Crippen molar-refractivity contribution in [3.8, 4) is 6.07 Å². The predicted octanol–water partition coefficient (Wildman–Crippen LogP) is 2.07. The third-order valence-electron chi connectivity index (χ3n) is 4.63. The number of nitrogens with one attached hydrogen (secondary N) is 2. The van der Waals surface area contributed by atoms with Crippen molar-refractivity contribution in [1.29, 1.82) is 5.26 Å². The summed E-state index contributed by atoms with van der Waals surface area (Å²) in [6.45, 7) is 3.72. The Morgan fingerprint density at radius 3 is 2.73 bits per heavy atom. The molecule has 3 rings (SSSR count). The lowest BCUT2D eigenvalue weighted by molar-refractivity contribution is 0.101. The van der Waals surface area contributed by atoms with Crippen LogP contribution in [0.2, 0.25) is 0 Å². The van der Waals surface area contributed by atoms with Crippen molar-refractivity contribution >= 4 is 27.6 Å². The average molecular weight is 434 g/mol. The fraction of sp³-hybridized carbons (Fsp3) is 0.421. The fourth-order valence-electron chi connectivity index (χ4n) is 3.41. The van der Waals surface area contributed by atoms with E-state index in [0.717, 1.165) is 6.07 Å². The van der Waals surface area contributed by atoms with Crippen LogP contribution in [0, 0.1) is 17.1 Å². The molecule has 1 aromatic carbocycles. The molecule has 2 aromatic rings. The van der Waals surface area contributed by atoms with Crippen molar-refractivity contribution in [2.45, 2.75) is 39.2 Å². The number of nitriles is 1. The third kappa shape index (κ3) is 4.29. The van der Waals surface area contributed by atoms with Crippen LogP contribution in [-0.4, -0.2) is 36.7 Å². The quantitative estimate of drug-likeness (QED) is 0.746. The van der Waals surface area contributed by atoms with E-state index >= 15 is 0 Å². The largest absolute Gasteiger partial charge is 0.321 e. The van der Waals surface area contributed by atoms with Gasteiger partial charge in [0.15, 0.2) is 5.82 Å². The van der Waals surface area contributed by atoms with Crippen molar-refractivity contribution in [2.75, 3.05) is 16.2 Å². The topological polar surface area (TPSA) is 120 Å². The van der Waals surface area contributed by atoms with Crippen molar-refractivity contribution < 1.29 is 17.6 Å². The molecule has 0 atom stereocenters. The molecular weight excluding hydrogens is 411 g/mol. The van der Waals surface area contributed by atoms with Gasteiger partial charge in [-0.05, 0) is 51.3 Å². The predicted molar refractivity (Wildman–Crippen MR) is 110 cm³/mol. The first-order valence-electron chi connectivity index (χ1n) is 9.51. The highest BCUT2D eigenvalue weighted by Gasteiger charge is 2.33. The Morgan fingerprint density at radius 2 is 2.07 bits per heavy atom. The van der Waals surface area contributed by atoms with Crippen molar-refractivity contribution in [1.82, 2.24) is 14.5 Å². The minimum atomic E-state index is -3.82. The van der Waals surface area contributed by atoms with Crippen LogP contribution in [0.25, 0.3) is 0 Å². The smallest absolute Gasteiger partial charge is 0.303 e. The molecule has 0 aliphatic carbocycles. The third-order valence-corrected chi connectivity index (χ3v) is 6.34. The number of hydrogen-bond donors (Lipinski definition) is 2. The molecular formula is C19H23FN6O3S. The molecule has 160 valence electrons. The van der Waals surface area contributed by atoms with Gasteiger partial charge in [0.2, 0.25) is 0 Å². The van der Waals surface area contributed by atoms with Gasteiger partial charge in [-0.2, -0.15) is 23.5 Å². The van der Waals surface area contributed by atoms with E-state index in [9.17, 15) is 17.6 Å². The van der Waals surface area contributed by atoms with Crippen LogP contribution in [-0.2, 0) is 23.7 Å². The lowest BCUT2D eigenvalue weighted by atomic mass is 10.1. The van der Waals surface area contributed by atoms with Gasteiger partial charge in [0.05, 0.1) is 5.56 Å². The maximum atomic E-state index is 13.5. The Labute approximate surface area is 174 Å². The van der Waals surface area contributed by atoms with Gasteiger partial charge in [-0.1, -0.05) is 0 Å². The second-order valence-electron chi connectivity index (χ2n) is 7.34. The van der Waals surface area contributed by atoms with Gasteiger partial charge in [-0.25, -0.2) is 8.70 Å². The number of carbonyl (C=O) groups excluding carboxylic acids is 1. The first kappa shape index (κ1) is 21.7. The molecule has 1 aliphatic heterocycles. The SMILES string of the molecule is CC(C)NS(=O)(=O)N1CCCCc2c1nn(C)c2C(=O)Nc1ccc(F)c(C#N)c1. The molecule has 9 nitrogen and oxygen atoms in total. The molecule has 1 aliphatic rings. The number of fused-ring (bicyclic) bond motifs is 1. The summed E-state index contributed by atoms with van der Waals surface area (Å²) >= 11 is 0. The summed E-state index contributed by atoms with van der Waals surface area (Å²) in [6.07, 6.45) is 1.82. The molecule has 1 amide bonds. The number of benzene rings is 1. The van der Waals surface area contributed by atoms with E-state index in [2.05, 4.69) is 15.1 Å². The van der Waals surface area contributed by atoms with Crippen LogP contribution >= 0.6 is 0 Å². The number of hydrogen-bond acceptors (Lipinski definition) is 5. The Kier molecular flexibility index (Phi) is 6.09. The van der Waals surface area contributed by atoms with Gasteiger partial charge in [-0.15, -0.1) is 0 Å². The zero-order valence-corrected chi connectivity index (χ0v) is 17.8. The molecule has 11 heteroatoms. The summed E-state index contributed by atoms with van der Waals surface area (Å²) in [7, 11) is -2.26. The normalized spacial score (nSPS) is 14.2. The molecule has 0 saturated heterocycles. The van der Waals surface area contributed by atoms with E-state index in [-0.39, 0.29) is 35.3 Å². The summed E-state index contributed by atoms with van der Waals surface area (Å²) < 4.78 is 44.2. The van der Waals surface area contributed by atoms with Crippen LogP contribution in [0.5, 0.6) is 0 Å². The van der Waals surface area contributed by atoms with Crippen molar-refractivity contribution in [3.63, 3.8) is 0 Å². The van der Waals surface area contributed by atoms with Gasteiger partial charge in [0.1, 0.15) is 17.6 Å². The summed E-state index contributed by atoms with van der Waals surface area (Å²) in [5, 5.41) is 15.9. The van der Waals surface area contributed by atoms with Gasteiger partial charge in [-0.3, -0.25) is 9.48 Å². The van der Waals surface area contributed by atoms with E-state index in [1.165, 1.54) is 21.1 Å². The summed E-state index contributed by atoms with van der Waals surface area (Å²) in [6, 6.07) is 5.13. The van der Waals surface area contributed by atoms with E-state index in [1.54, 1.807) is 27.0 Å². The van der Waals surface area contributed by atoms with Crippen LogP contribution in [0.4, 0.5) is 15.9 Å². The zero-order valence-electron chi connectivity index (χ0n) is 16.9. The maximum absolute atomic E-state index is 13.5. The molecule has 0 unspecified atom stereocenters. The zero-order chi connectivity index (χ0) is 22.1. The molecule has 1 aromatic heterocycles. The van der Waals surface area contributed by atoms with Crippen LogP contribution in [0.1, 0.15) is 48.3 Å². The molecule has 0 spiro atoms. The highest BCUT2D eigenvalue weighted by molar-refractivity contribution is 7.90. The Bertz CT molecular complexity index is 1120. The highest BCUT2D eigenvalue weighted by Crippen LogP contribution is 2.30. The summed E-state index contributed by atoms with van der Waals surface area (Å²) in [4.78, 5) is 13.0. The van der Waals surface area contributed by atoms with E-state index in [0.29, 0.717) is 24.8 Å². The highest BCUT2D eigenvalue weighted by atomic mass is 32.2. The Balaban J connectivity index is 1.98. The maximum Gasteiger partial charge on any atom is 0.303 e.